The van der Waals surface area contributed by atoms with Crippen molar-refractivity contribution in [3.8, 4) is 0 Å². The van der Waals surface area contributed by atoms with Gasteiger partial charge in [0.15, 0.2) is 6.61 Å². The first-order valence-electron chi connectivity index (χ1n) is 8.67. The quantitative estimate of drug-likeness (QED) is 0.666. The Morgan fingerprint density at radius 2 is 1.86 bits per heavy atom. The Morgan fingerprint density at radius 1 is 1.04 bits per heavy atom. The molecule has 0 aliphatic carbocycles. The van der Waals surface area contributed by atoms with Gasteiger partial charge in [0, 0.05) is 12.2 Å². The van der Waals surface area contributed by atoms with Crippen LogP contribution in [0.3, 0.4) is 0 Å². The second-order valence-electron chi connectivity index (χ2n) is 6.02. The number of hydrogen-bond donors (Lipinski definition) is 2. The lowest BCUT2D eigenvalue weighted by Gasteiger charge is -2.17. The van der Waals surface area contributed by atoms with E-state index in [0.717, 1.165) is 17.7 Å². The van der Waals surface area contributed by atoms with Gasteiger partial charge in [-0.3, -0.25) is 19.2 Å². The Bertz CT molecular complexity index is 881. The molecule has 0 unspecified atom stereocenters. The third-order valence-corrected chi connectivity index (χ3v) is 5.00. The maximum atomic E-state index is 12.3. The Morgan fingerprint density at radius 3 is 2.64 bits per heavy atom. The van der Waals surface area contributed by atoms with Crippen LogP contribution < -0.4 is 15.5 Å². The van der Waals surface area contributed by atoms with Gasteiger partial charge in [-0.25, -0.2) is 0 Å². The van der Waals surface area contributed by atoms with Crippen molar-refractivity contribution >= 4 is 40.7 Å². The van der Waals surface area contributed by atoms with Gasteiger partial charge in [-0.2, -0.15) is 0 Å². The van der Waals surface area contributed by atoms with Crippen LogP contribution in [0.5, 0.6) is 0 Å². The molecule has 2 aromatic rings. The van der Waals surface area contributed by atoms with Crippen molar-refractivity contribution in [3.05, 3.63) is 52.2 Å². The van der Waals surface area contributed by atoms with Crippen LogP contribution in [0.1, 0.15) is 15.2 Å². The van der Waals surface area contributed by atoms with E-state index in [1.165, 1.54) is 11.3 Å². The number of nitrogens with one attached hydrogen (secondary N) is 2. The van der Waals surface area contributed by atoms with Gasteiger partial charge in [0.05, 0.1) is 11.4 Å². The number of amides is 3. The molecule has 1 aliphatic heterocycles. The Hall–Kier alpha value is -3.20. The third-order valence-electron chi connectivity index (χ3n) is 4.13. The summed E-state index contributed by atoms with van der Waals surface area (Å²) < 4.78 is 4.94. The summed E-state index contributed by atoms with van der Waals surface area (Å²) in [4.78, 5) is 49.5. The highest BCUT2D eigenvalue weighted by Crippen LogP contribution is 2.27. The highest BCUT2D eigenvalue weighted by molar-refractivity contribution is 7.12. The molecule has 0 saturated heterocycles. The van der Waals surface area contributed by atoms with Crippen LogP contribution in [0.25, 0.3) is 0 Å². The van der Waals surface area contributed by atoms with Gasteiger partial charge in [-0.15, -0.1) is 11.3 Å². The molecule has 9 heteroatoms. The Balaban J connectivity index is 1.35. The molecule has 0 saturated carbocycles. The topological polar surface area (TPSA) is 105 Å². The fourth-order valence-electron chi connectivity index (χ4n) is 2.76. The van der Waals surface area contributed by atoms with Crippen molar-refractivity contribution in [2.24, 2.45) is 0 Å². The second kappa shape index (κ2) is 9.14. The van der Waals surface area contributed by atoms with Crippen LogP contribution in [0, 0.1) is 0 Å². The van der Waals surface area contributed by atoms with Crippen molar-refractivity contribution < 1.29 is 23.9 Å². The molecule has 0 fully saturated rings. The monoisotopic (exact) mass is 401 g/mol. The maximum absolute atomic E-state index is 12.3. The summed E-state index contributed by atoms with van der Waals surface area (Å²) in [5.41, 5.74) is 1.91. The largest absolute Gasteiger partial charge is 0.454 e. The number of fused-ring (bicyclic) bond motifs is 1. The smallest absolute Gasteiger partial charge is 0.325 e. The van der Waals surface area contributed by atoms with Crippen molar-refractivity contribution in [2.45, 2.75) is 6.42 Å². The molecule has 0 atom stereocenters. The van der Waals surface area contributed by atoms with Crippen LogP contribution >= 0.6 is 11.3 Å². The van der Waals surface area contributed by atoms with Gasteiger partial charge in [0.1, 0.15) is 6.54 Å². The van der Waals surface area contributed by atoms with Crippen LogP contribution in [-0.4, -0.2) is 49.9 Å². The zero-order chi connectivity index (χ0) is 19.9. The fourth-order valence-corrected chi connectivity index (χ4v) is 3.40. The average molecular weight is 401 g/mol. The van der Waals surface area contributed by atoms with Crippen LogP contribution in [0.15, 0.2) is 41.8 Å². The molecule has 3 rings (SSSR count). The van der Waals surface area contributed by atoms with Gasteiger partial charge < -0.3 is 20.3 Å². The highest BCUT2D eigenvalue weighted by atomic mass is 32.1. The van der Waals surface area contributed by atoms with Crippen LogP contribution in [0.2, 0.25) is 0 Å². The predicted octanol–water partition coefficient (Wildman–Crippen LogP) is 0.727. The predicted molar refractivity (Wildman–Crippen MR) is 103 cm³/mol. The number of ether oxygens (including phenoxy) is 1. The van der Waals surface area contributed by atoms with E-state index in [1.807, 2.05) is 24.3 Å². The molecular formula is C19H19N3O5S. The number of carbonyl (C=O) groups excluding carboxylic acids is 4. The number of thiophene rings is 1. The lowest BCUT2D eigenvalue weighted by Crippen LogP contribution is -2.40. The standard InChI is InChI=1S/C19H19N3O5S/c23-16(10-21-19(26)15-6-3-9-28-15)20-11-18(25)27-12-17(24)22-8-7-13-4-1-2-5-14(13)22/h1-6,9H,7-8,10-12H2,(H,20,23)(H,21,26). The van der Waals surface area contributed by atoms with Gasteiger partial charge in [0.2, 0.25) is 5.91 Å². The van der Waals surface area contributed by atoms with E-state index in [1.54, 1.807) is 22.4 Å². The highest BCUT2D eigenvalue weighted by Gasteiger charge is 2.24. The summed E-state index contributed by atoms with van der Waals surface area (Å²) in [7, 11) is 0. The minimum absolute atomic E-state index is 0.256. The lowest BCUT2D eigenvalue weighted by atomic mass is 10.2. The molecule has 8 nitrogen and oxygen atoms in total. The fraction of sp³-hybridized carbons (Fsp3) is 0.263. The van der Waals surface area contributed by atoms with E-state index in [2.05, 4.69) is 10.6 Å². The molecule has 1 aromatic carbocycles. The van der Waals surface area contributed by atoms with Crippen molar-refractivity contribution in [2.75, 3.05) is 31.1 Å². The van der Waals surface area contributed by atoms with Gasteiger partial charge in [-0.05, 0) is 29.5 Å². The molecule has 0 spiro atoms. The molecule has 3 amide bonds. The molecule has 0 bridgehead atoms. The van der Waals surface area contributed by atoms with E-state index in [4.69, 9.17) is 4.74 Å². The molecule has 1 aliphatic rings. The molecule has 2 heterocycles. The number of benzene rings is 1. The SMILES string of the molecule is O=C(CNC(=O)c1cccs1)NCC(=O)OCC(=O)N1CCc2ccccc21. The van der Waals surface area contributed by atoms with Crippen LogP contribution in [0.4, 0.5) is 5.69 Å². The number of para-hydroxylation sites is 1. The van der Waals surface area contributed by atoms with E-state index in [-0.39, 0.29) is 24.9 Å². The summed E-state index contributed by atoms with van der Waals surface area (Å²) in [5, 5.41) is 6.55. The van der Waals surface area contributed by atoms with E-state index < -0.39 is 18.5 Å². The molecule has 1 aromatic heterocycles. The Kier molecular flexibility index (Phi) is 6.38. The molecule has 2 N–H and O–H groups in total. The molecule has 146 valence electrons. The van der Waals surface area contributed by atoms with Gasteiger partial charge >= 0.3 is 5.97 Å². The Labute approximate surface area is 165 Å². The summed E-state index contributed by atoms with van der Waals surface area (Å²) >= 11 is 1.26. The van der Waals surface area contributed by atoms with Crippen molar-refractivity contribution in [1.82, 2.24) is 10.6 Å². The summed E-state index contributed by atoms with van der Waals surface area (Å²) in [6.07, 6.45) is 0.767. The van der Waals surface area contributed by atoms with Crippen molar-refractivity contribution in [1.29, 1.82) is 0 Å². The number of esters is 1. The first-order chi connectivity index (χ1) is 13.5. The summed E-state index contributed by atoms with van der Waals surface area (Å²) in [5.74, 6) is -1.92. The molecule has 28 heavy (non-hydrogen) atoms. The number of nitrogens with zero attached hydrogens (tertiary/aromatic N) is 1. The van der Waals surface area contributed by atoms with Crippen molar-refractivity contribution in [3.63, 3.8) is 0 Å². The number of anilines is 1. The average Bonchev–Trinajstić information content (AvgIpc) is 3.38. The molecular weight excluding hydrogens is 382 g/mol. The van der Waals surface area contributed by atoms with E-state index in [9.17, 15) is 19.2 Å². The normalized spacial score (nSPS) is 12.2. The third kappa shape index (κ3) is 4.95. The molecule has 0 radical (unpaired) electrons. The summed E-state index contributed by atoms with van der Waals surface area (Å²) in [6, 6.07) is 11.0. The van der Waals surface area contributed by atoms with Crippen LogP contribution in [-0.2, 0) is 25.5 Å². The van der Waals surface area contributed by atoms with Gasteiger partial charge in [0.25, 0.3) is 11.8 Å². The van der Waals surface area contributed by atoms with Gasteiger partial charge in [-0.1, -0.05) is 24.3 Å². The minimum atomic E-state index is -0.723. The minimum Gasteiger partial charge on any atom is -0.454 e. The first kappa shape index (κ1) is 19.6. The number of rotatable bonds is 7. The van der Waals surface area contributed by atoms with E-state index in [0.29, 0.717) is 11.4 Å². The second-order valence-corrected chi connectivity index (χ2v) is 6.97. The zero-order valence-corrected chi connectivity index (χ0v) is 15.8. The zero-order valence-electron chi connectivity index (χ0n) is 15.0. The number of carbonyl (C=O) groups is 4. The maximum Gasteiger partial charge on any atom is 0.325 e. The summed E-state index contributed by atoms with van der Waals surface area (Å²) in [6.45, 7) is -0.473. The number of hydrogen-bond acceptors (Lipinski definition) is 6. The lowest BCUT2D eigenvalue weighted by molar-refractivity contribution is -0.147. The van der Waals surface area contributed by atoms with E-state index >= 15 is 0 Å². The first-order valence-corrected chi connectivity index (χ1v) is 9.55.